The normalized spacial score (nSPS) is 16.7. The van der Waals surface area contributed by atoms with Gasteiger partial charge in [0.25, 0.3) is 0 Å². The maximum absolute atomic E-state index is 12.7. The van der Waals surface area contributed by atoms with Crippen LogP contribution < -0.4 is 4.74 Å². The van der Waals surface area contributed by atoms with E-state index in [1.807, 2.05) is 64.1 Å². The van der Waals surface area contributed by atoms with Crippen LogP contribution in [0, 0.1) is 5.41 Å². The molecular formula is C19H20N2O2. The lowest BCUT2D eigenvalue weighted by molar-refractivity contribution is -0.120. The quantitative estimate of drug-likeness (QED) is 0.844. The van der Waals surface area contributed by atoms with Crippen LogP contribution in [0.15, 0.2) is 42.6 Å². The lowest BCUT2D eigenvalue weighted by Crippen LogP contribution is -2.21. The number of ether oxygens (including phenoxy) is 1. The Hall–Kier alpha value is -2.49. The summed E-state index contributed by atoms with van der Waals surface area (Å²) < 4.78 is 5.74. The topological polar surface area (TPSA) is 52.1 Å². The summed E-state index contributed by atoms with van der Waals surface area (Å²) in [6, 6.07) is 9.42. The minimum atomic E-state index is -0.453. The fourth-order valence-electron chi connectivity index (χ4n) is 2.57. The molecule has 23 heavy (non-hydrogen) atoms. The standard InChI is InChI=1S/C19H20N2O2/c1-12-10-14(18(22)19(2,3)4)17-16(12)20-11-15(21-17)23-13-8-6-5-7-9-13/h5-12H,1-4H3/t12-/m0/s1. The summed E-state index contributed by atoms with van der Waals surface area (Å²) in [6.45, 7) is 7.76. The third kappa shape index (κ3) is 3.02. The minimum Gasteiger partial charge on any atom is -0.437 e. The number of nitrogens with zero attached hydrogens (tertiary/aromatic N) is 2. The van der Waals surface area contributed by atoms with Crippen molar-refractivity contribution in [1.29, 1.82) is 0 Å². The van der Waals surface area contributed by atoms with Gasteiger partial charge in [-0.2, -0.15) is 0 Å². The molecule has 1 aromatic carbocycles. The van der Waals surface area contributed by atoms with E-state index in [0.717, 1.165) is 5.69 Å². The molecule has 1 aliphatic rings. The number of para-hydroxylation sites is 1. The van der Waals surface area contributed by atoms with E-state index in [2.05, 4.69) is 9.97 Å². The van der Waals surface area contributed by atoms with Crippen molar-refractivity contribution >= 4 is 11.4 Å². The van der Waals surface area contributed by atoms with Gasteiger partial charge in [0.15, 0.2) is 5.78 Å². The summed E-state index contributed by atoms with van der Waals surface area (Å²) in [6.07, 6.45) is 3.56. The van der Waals surface area contributed by atoms with E-state index >= 15 is 0 Å². The van der Waals surface area contributed by atoms with Crippen LogP contribution in [0.5, 0.6) is 11.6 Å². The van der Waals surface area contributed by atoms with Crippen LogP contribution in [0.1, 0.15) is 45.0 Å². The fraction of sp³-hybridized carbons (Fsp3) is 0.316. The first-order valence-corrected chi connectivity index (χ1v) is 7.73. The molecule has 3 rings (SSSR count). The molecule has 1 heterocycles. The van der Waals surface area contributed by atoms with E-state index < -0.39 is 5.41 Å². The SMILES string of the molecule is C[C@H]1C=C(C(=O)C(C)(C)C)c2nc(Oc3ccccc3)cnc21. The summed E-state index contributed by atoms with van der Waals surface area (Å²) in [4.78, 5) is 21.7. The van der Waals surface area contributed by atoms with Crippen LogP contribution in [0.2, 0.25) is 0 Å². The van der Waals surface area contributed by atoms with Crippen molar-refractivity contribution in [2.24, 2.45) is 5.41 Å². The maximum Gasteiger partial charge on any atom is 0.238 e. The first-order valence-electron chi connectivity index (χ1n) is 7.73. The molecule has 118 valence electrons. The zero-order valence-electron chi connectivity index (χ0n) is 13.8. The molecule has 1 aliphatic carbocycles. The maximum atomic E-state index is 12.7. The molecule has 0 aliphatic heterocycles. The number of benzene rings is 1. The molecule has 0 N–H and O–H groups in total. The van der Waals surface area contributed by atoms with Crippen molar-refractivity contribution in [2.45, 2.75) is 33.6 Å². The van der Waals surface area contributed by atoms with Crippen molar-refractivity contribution in [3.8, 4) is 11.6 Å². The first kappa shape index (κ1) is 15.4. The van der Waals surface area contributed by atoms with Gasteiger partial charge in [-0.05, 0) is 12.1 Å². The van der Waals surface area contributed by atoms with E-state index in [-0.39, 0.29) is 11.7 Å². The second-order valence-corrected chi connectivity index (χ2v) is 6.81. The molecule has 0 spiro atoms. The molecule has 0 bridgehead atoms. The lowest BCUT2D eigenvalue weighted by Gasteiger charge is -2.17. The summed E-state index contributed by atoms with van der Waals surface area (Å²) >= 11 is 0. The van der Waals surface area contributed by atoms with Gasteiger partial charge in [-0.3, -0.25) is 9.78 Å². The molecule has 0 amide bonds. The Bertz CT molecular complexity index is 774. The second kappa shape index (κ2) is 5.61. The monoisotopic (exact) mass is 308 g/mol. The van der Waals surface area contributed by atoms with Crippen molar-refractivity contribution in [3.05, 3.63) is 54.0 Å². The number of fused-ring (bicyclic) bond motifs is 1. The Morgan fingerprint density at radius 1 is 1.17 bits per heavy atom. The van der Waals surface area contributed by atoms with Gasteiger partial charge in [0.2, 0.25) is 5.88 Å². The minimum absolute atomic E-state index is 0.0780. The van der Waals surface area contributed by atoms with E-state index in [1.54, 1.807) is 6.20 Å². The number of aromatic nitrogens is 2. The zero-order valence-corrected chi connectivity index (χ0v) is 13.8. The second-order valence-electron chi connectivity index (χ2n) is 6.81. The Labute approximate surface area is 136 Å². The summed E-state index contributed by atoms with van der Waals surface area (Å²) in [5, 5.41) is 0. The average molecular weight is 308 g/mol. The Morgan fingerprint density at radius 2 is 1.87 bits per heavy atom. The van der Waals surface area contributed by atoms with Gasteiger partial charge in [0.1, 0.15) is 5.75 Å². The molecule has 0 saturated carbocycles. The van der Waals surface area contributed by atoms with Crippen molar-refractivity contribution in [1.82, 2.24) is 9.97 Å². The highest BCUT2D eigenvalue weighted by molar-refractivity contribution is 6.23. The van der Waals surface area contributed by atoms with E-state index in [4.69, 9.17) is 4.74 Å². The number of ketones is 1. The smallest absolute Gasteiger partial charge is 0.238 e. The van der Waals surface area contributed by atoms with Gasteiger partial charge in [-0.1, -0.05) is 52.0 Å². The summed E-state index contributed by atoms with van der Waals surface area (Å²) in [5.41, 5.74) is 1.67. The lowest BCUT2D eigenvalue weighted by atomic mass is 9.86. The molecular weight excluding hydrogens is 288 g/mol. The number of carbonyl (C=O) groups excluding carboxylic acids is 1. The van der Waals surface area contributed by atoms with Crippen LogP contribution >= 0.6 is 0 Å². The third-order valence-electron chi connectivity index (χ3n) is 3.77. The number of rotatable bonds is 3. The van der Waals surface area contributed by atoms with Crippen molar-refractivity contribution < 1.29 is 9.53 Å². The molecule has 0 fully saturated rings. The molecule has 0 saturated heterocycles. The molecule has 0 unspecified atom stereocenters. The Kier molecular flexibility index (Phi) is 3.76. The predicted octanol–water partition coefficient (Wildman–Crippen LogP) is 4.38. The molecule has 4 nitrogen and oxygen atoms in total. The van der Waals surface area contributed by atoms with Crippen LogP contribution in [-0.2, 0) is 4.79 Å². The van der Waals surface area contributed by atoms with Crippen LogP contribution in [-0.4, -0.2) is 15.8 Å². The number of Topliss-reactive ketones (excluding diaryl/α,β-unsaturated/α-hetero) is 1. The highest BCUT2D eigenvalue weighted by Crippen LogP contribution is 2.38. The first-order chi connectivity index (χ1) is 10.9. The van der Waals surface area contributed by atoms with Gasteiger partial charge in [0.05, 0.1) is 17.6 Å². The predicted molar refractivity (Wildman–Crippen MR) is 89.4 cm³/mol. The summed E-state index contributed by atoms with van der Waals surface area (Å²) in [5.74, 6) is 1.26. The highest BCUT2D eigenvalue weighted by atomic mass is 16.5. The van der Waals surface area contributed by atoms with Crippen LogP contribution in [0.4, 0.5) is 0 Å². The van der Waals surface area contributed by atoms with Gasteiger partial charge >= 0.3 is 0 Å². The largest absolute Gasteiger partial charge is 0.437 e. The van der Waals surface area contributed by atoms with Gasteiger partial charge in [-0.15, -0.1) is 0 Å². The highest BCUT2D eigenvalue weighted by Gasteiger charge is 2.33. The fourth-order valence-corrected chi connectivity index (χ4v) is 2.57. The molecule has 1 atom stereocenters. The van der Waals surface area contributed by atoms with Crippen LogP contribution in [0.25, 0.3) is 5.57 Å². The zero-order chi connectivity index (χ0) is 16.6. The van der Waals surface area contributed by atoms with Gasteiger partial charge in [-0.25, -0.2) is 4.98 Å². The Morgan fingerprint density at radius 3 is 2.52 bits per heavy atom. The van der Waals surface area contributed by atoms with Crippen molar-refractivity contribution in [3.63, 3.8) is 0 Å². The van der Waals surface area contributed by atoms with Crippen LogP contribution in [0.3, 0.4) is 0 Å². The van der Waals surface area contributed by atoms with E-state index in [9.17, 15) is 4.79 Å². The Balaban J connectivity index is 1.96. The molecule has 4 heteroatoms. The third-order valence-corrected chi connectivity index (χ3v) is 3.77. The van der Waals surface area contributed by atoms with Gasteiger partial charge in [0, 0.05) is 16.9 Å². The number of hydrogen-bond donors (Lipinski definition) is 0. The molecule has 1 aromatic heterocycles. The number of hydrogen-bond acceptors (Lipinski definition) is 4. The number of allylic oxidation sites excluding steroid dienone is 2. The van der Waals surface area contributed by atoms with Gasteiger partial charge < -0.3 is 4.74 Å². The average Bonchev–Trinajstić information content (AvgIpc) is 2.83. The summed E-state index contributed by atoms with van der Waals surface area (Å²) in [7, 11) is 0. The molecule has 2 aromatic rings. The van der Waals surface area contributed by atoms with Crippen molar-refractivity contribution in [2.75, 3.05) is 0 Å². The van der Waals surface area contributed by atoms with E-state index in [1.165, 1.54) is 0 Å². The van der Waals surface area contributed by atoms with E-state index in [0.29, 0.717) is 22.9 Å². The molecule has 0 radical (unpaired) electrons. The number of carbonyl (C=O) groups is 1.